The Bertz CT molecular complexity index is 139. The number of hydrogen-bond acceptors (Lipinski definition) is 2. The summed E-state index contributed by atoms with van der Waals surface area (Å²) in [6, 6.07) is 5.72. The summed E-state index contributed by atoms with van der Waals surface area (Å²) in [5.41, 5.74) is 0. The van der Waals surface area contributed by atoms with Gasteiger partial charge in [0, 0.05) is 12.4 Å². The molecule has 0 amide bonds. The first-order valence-corrected chi connectivity index (χ1v) is 3.70. The summed E-state index contributed by atoms with van der Waals surface area (Å²) in [5.74, 6) is 0. The maximum Gasteiger partial charge on any atom is 0.0267 e. The van der Waals surface area contributed by atoms with Crippen LogP contribution in [0.4, 0.5) is 0 Å². The summed E-state index contributed by atoms with van der Waals surface area (Å²) in [4.78, 5) is 3.78. The quantitative estimate of drug-likeness (QED) is 0.565. The molecule has 1 heterocycles. The molecule has 0 saturated heterocycles. The van der Waals surface area contributed by atoms with E-state index in [2.05, 4.69) is 18.5 Å². The van der Waals surface area contributed by atoms with Gasteiger partial charge in [-0.1, -0.05) is 6.07 Å². The molecule has 1 aromatic heterocycles. The van der Waals surface area contributed by atoms with Crippen molar-refractivity contribution in [2.75, 3.05) is 0 Å². The van der Waals surface area contributed by atoms with E-state index in [0.717, 1.165) is 0 Å². The molecule has 0 unspecified atom stereocenters. The molecule has 7 heteroatoms. The van der Waals surface area contributed by atoms with Crippen LogP contribution in [-0.2, 0) is 20.3 Å². The number of halogens is 4. The second-order valence-electron chi connectivity index (χ2n) is 1.31. The van der Waals surface area contributed by atoms with Crippen molar-refractivity contribution in [3.05, 3.63) is 50.2 Å². The van der Waals surface area contributed by atoms with Crippen LogP contribution in [0.3, 0.4) is 0 Å². The van der Waals surface area contributed by atoms with Gasteiger partial charge in [-0.2, -0.15) is 0 Å². The van der Waals surface area contributed by atoms with Crippen molar-refractivity contribution in [2.24, 2.45) is 0 Å². The van der Waals surface area contributed by atoms with E-state index in [1.165, 1.54) is 26.3 Å². The molecule has 1 rings (SSSR count). The van der Waals surface area contributed by atoms with E-state index in [9.17, 15) is 0 Å². The SMILES string of the molecule is C=C[CH2-].Cl.Cl.Cl.Cl.[NH]=[Ti+].c1ccncc1. The summed E-state index contributed by atoms with van der Waals surface area (Å²) in [5, 5.41) is 0. The summed E-state index contributed by atoms with van der Waals surface area (Å²) in [6.07, 6.45) is 5.00. The van der Waals surface area contributed by atoms with Gasteiger partial charge in [-0.15, -0.1) is 49.6 Å². The monoisotopic (exact) mass is 327 g/mol. The van der Waals surface area contributed by atoms with Crippen LogP contribution in [0.5, 0.6) is 0 Å². The first-order valence-electron chi connectivity index (χ1n) is 2.92. The second-order valence-corrected chi connectivity index (χ2v) is 1.31. The number of nitrogens with one attached hydrogen (secondary N) is 1. The van der Waals surface area contributed by atoms with Crippen LogP contribution in [0.15, 0.2) is 43.2 Å². The maximum absolute atomic E-state index is 5.75. The number of nitrogens with zero attached hydrogens (tertiary/aromatic N) is 1. The van der Waals surface area contributed by atoms with E-state index < -0.39 is 0 Å². The Balaban J connectivity index is -0.0000000205. The number of allylic oxidation sites excluding steroid dienone is 1. The molecule has 0 saturated carbocycles. The zero-order valence-electron chi connectivity index (χ0n) is 7.96. The molecular formula is C8H15Cl4N2Ti. The van der Waals surface area contributed by atoms with Gasteiger partial charge in [-0.25, -0.2) is 19.6 Å². The third-order valence-corrected chi connectivity index (χ3v) is 0.566. The van der Waals surface area contributed by atoms with E-state index in [0.29, 0.717) is 0 Å². The standard InChI is InChI=1S/C5H5N.C3H5.4ClH.HN.Ti/c1-2-4-6-5-3-1;1-3-2;;;;;;/h1-5H;3H,1-2H2;5*1H;/q;-1;;;;;;+1. The second kappa shape index (κ2) is 47.1. The molecule has 89 valence electrons. The van der Waals surface area contributed by atoms with E-state index in [1.807, 2.05) is 18.2 Å². The van der Waals surface area contributed by atoms with E-state index in [4.69, 9.17) is 3.83 Å². The Hall–Kier alpha value is 0.434. The fourth-order valence-electron chi connectivity index (χ4n) is 0.313. The van der Waals surface area contributed by atoms with Crippen molar-refractivity contribution in [2.45, 2.75) is 0 Å². The van der Waals surface area contributed by atoms with E-state index in [1.54, 1.807) is 12.4 Å². The average molecular weight is 329 g/mol. The Labute approximate surface area is 128 Å². The Morgan fingerprint density at radius 2 is 1.27 bits per heavy atom. The van der Waals surface area contributed by atoms with Crippen molar-refractivity contribution >= 4 is 49.6 Å². The largest absolute Gasteiger partial charge is 0.265 e. The summed E-state index contributed by atoms with van der Waals surface area (Å²) < 4.78 is 5.75. The normalized spacial score (nSPS) is 4.40. The molecule has 15 heavy (non-hydrogen) atoms. The minimum Gasteiger partial charge on any atom is -0.265 e. The van der Waals surface area contributed by atoms with Crippen LogP contribution >= 0.6 is 49.6 Å². The molecule has 0 atom stereocenters. The maximum atomic E-state index is 5.75. The van der Waals surface area contributed by atoms with E-state index >= 15 is 0 Å². The van der Waals surface area contributed by atoms with Gasteiger partial charge in [0.2, 0.25) is 0 Å². The smallest absolute Gasteiger partial charge is 0.0267 e. The van der Waals surface area contributed by atoms with Crippen molar-refractivity contribution in [3.8, 4) is 0 Å². The molecule has 1 N–H and O–H groups in total. The minimum atomic E-state index is 0. The number of rotatable bonds is 0. The molecule has 0 aliphatic rings. The minimum absolute atomic E-state index is 0. The number of aromatic nitrogens is 1. The van der Waals surface area contributed by atoms with Crippen LogP contribution in [0.2, 0.25) is 0 Å². The van der Waals surface area contributed by atoms with Gasteiger partial charge in [0.1, 0.15) is 0 Å². The van der Waals surface area contributed by atoms with Gasteiger partial charge in [0.15, 0.2) is 0 Å². The van der Waals surface area contributed by atoms with Gasteiger partial charge < -0.3 is 0 Å². The predicted octanol–water partition coefficient (Wildman–Crippen LogP) is 4.07. The first-order chi connectivity index (χ1) is 5.41. The van der Waals surface area contributed by atoms with Crippen LogP contribution in [-0.4, -0.2) is 4.98 Å². The molecule has 0 spiro atoms. The number of hydrogen-bond donors (Lipinski definition) is 1. The zero-order valence-corrected chi connectivity index (χ0v) is 12.8. The van der Waals surface area contributed by atoms with Crippen LogP contribution in [0.25, 0.3) is 0 Å². The molecule has 2 nitrogen and oxygen atoms in total. The van der Waals surface area contributed by atoms with Gasteiger partial charge in [-0.3, -0.25) is 4.98 Å². The molecule has 0 aliphatic heterocycles. The summed E-state index contributed by atoms with van der Waals surface area (Å²) >= 11 is 1.25. The Morgan fingerprint density at radius 1 is 1.00 bits per heavy atom. The third kappa shape index (κ3) is 53.9. The Kier molecular flexibility index (Phi) is 114. The third-order valence-electron chi connectivity index (χ3n) is 0.566. The van der Waals surface area contributed by atoms with Crippen molar-refractivity contribution in [3.63, 3.8) is 0 Å². The molecule has 0 fully saturated rings. The predicted molar refractivity (Wildman–Crippen MR) is 71.5 cm³/mol. The van der Waals surface area contributed by atoms with Gasteiger partial charge >= 0.3 is 24.1 Å². The topological polar surface area (TPSA) is 36.7 Å². The van der Waals surface area contributed by atoms with Crippen LogP contribution in [0.1, 0.15) is 0 Å². The summed E-state index contributed by atoms with van der Waals surface area (Å²) in [7, 11) is 0. The molecule has 0 bridgehead atoms. The Morgan fingerprint density at radius 3 is 1.33 bits per heavy atom. The van der Waals surface area contributed by atoms with Crippen molar-refractivity contribution in [1.29, 1.82) is 3.83 Å². The van der Waals surface area contributed by atoms with Gasteiger partial charge in [-0.05, 0) is 12.1 Å². The van der Waals surface area contributed by atoms with Crippen molar-refractivity contribution < 1.29 is 20.3 Å². The summed E-state index contributed by atoms with van der Waals surface area (Å²) in [6.45, 7) is 6.50. The molecule has 1 aromatic rings. The number of pyridine rings is 1. The molecule has 0 radical (unpaired) electrons. The van der Waals surface area contributed by atoms with Crippen molar-refractivity contribution in [1.82, 2.24) is 4.98 Å². The van der Waals surface area contributed by atoms with Crippen LogP contribution < -0.4 is 0 Å². The first kappa shape index (κ1) is 36.1. The van der Waals surface area contributed by atoms with Gasteiger partial charge in [0.05, 0.1) is 0 Å². The van der Waals surface area contributed by atoms with Crippen LogP contribution in [0, 0.1) is 10.8 Å². The fraction of sp³-hybridized carbons (Fsp3) is 0. The molecular weight excluding hydrogens is 314 g/mol. The fourth-order valence-corrected chi connectivity index (χ4v) is 0.313. The molecule has 0 aliphatic carbocycles. The zero-order chi connectivity index (χ0) is 8.95. The molecule has 0 aromatic carbocycles. The van der Waals surface area contributed by atoms with Gasteiger partial charge in [0.25, 0.3) is 0 Å². The average Bonchev–Trinajstić information content (AvgIpc) is 2.12. The van der Waals surface area contributed by atoms with E-state index in [-0.39, 0.29) is 49.6 Å².